The van der Waals surface area contributed by atoms with Gasteiger partial charge < -0.3 is 20.1 Å². The van der Waals surface area contributed by atoms with Gasteiger partial charge in [-0.1, -0.05) is 0 Å². The van der Waals surface area contributed by atoms with E-state index in [1.54, 1.807) is 13.8 Å². The molecule has 0 aromatic heterocycles. The third-order valence-corrected chi connectivity index (χ3v) is 0.994. The van der Waals surface area contributed by atoms with Gasteiger partial charge in [-0.25, -0.2) is 9.59 Å². The zero-order valence-electron chi connectivity index (χ0n) is 7.92. The predicted molar refractivity (Wildman–Crippen MR) is 45.2 cm³/mol. The average Bonchev–Trinajstić information content (AvgIpc) is 2.02. The minimum Gasteiger partial charge on any atom is -0.453 e. The highest BCUT2D eigenvalue weighted by Gasteiger charge is 2.04. The summed E-state index contributed by atoms with van der Waals surface area (Å²) in [6.07, 6.45) is -1.37. The standard InChI is InChI=1S/C7H14N2O4/c1-5(2)13-7(11)9-4-8-6(10)12-3/h5H,4H2,1-3H3,(H,8,10)(H,9,11). The van der Waals surface area contributed by atoms with E-state index in [1.165, 1.54) is 7.11 Å². The Bertz CT molecular complexity index is 181. The highest BCUT2D eigenvalue weighted by molar-refractivity contribution is 5.69. The van der Waals surface area contributed by atoms with Crippen LogP contribution in [0.4, 0.5) is 9.59 Å². The van der Waals surface area contributed by atoms with Crippen molar-refractivity contribution in [3.05, 3.63) is 0 Å². The van der Waals surface area contributed by atoms with Crippen LogP contribution in [0, 0.1) is 0 Å². The van der Waals surface area contributed by atoms with E-state index in [9.17, 15) is 9.59 Å². The SMILES string of the molecule is COC(=O)NCNC(=O)OC(C)C. The molecule has 0 saturated carbocycles. The van der Waals surface area contributed by atoms with Crippen LogP contribution in [0.1, 0.15) is 13.8 Å². The smallest absolute Gasteiger partial charge is 0.408 e. The lowest BCUT2D eigenvalue weighted by Gasteiger charge is -2.09. The van der Waals surface area contributed by atoms with Gasteiger partial charge in [0, 0.05) is 0 Å². The Kier molecular flexibility index (Phi) is 5.42. The van der Waals surface area contributed by atoms with E-state index in [0.29, 0.717) is 0 Å². The van der Waals surface area contributed by atoms with Gasteiger partial charge in [-0.3, -0.25) is 0 Å². The average molecular weight is 190 g/mol. The molecule has 0 radical (unpaired) electrons. The first-order chi connectivity index (χ1) is 6.06. The second-order valence-corrected chi connectivity index (χ2v) is 2.48. The number of ether oxygens (including phenoxy) is 2. The largest absolute Gasteiger partial charge is 0.453 e. The summed E-state index contributed by atoms with van der Waals surface area (Å²) in [7, 11) is 1.24. The second-order valence-electron chi connectivity index (χ2n) is 2.48. The van der Waals surface area contributed by atoms with Crippen molar-refractivity contribution >= 4 is 12.2 Å². The Labute approximate surface area is 76.6 Å². The van der Waals surface area contributed by atoms with Crippen LogP contribution in [0.25, 0.3) is 0 Å². The number of rotatable bonds is 3. The number of carbonyl (C=O) groups is 2. The molecule has 0 aliphatic rings. The summed E-state index contributed by atoms with van der Waals surface area (Å²) < 4.78 is 8.99. The molecule has 0 spiro atoms. The zero-order valence-corrected chi connectivity index (χ0v) is 7.92. The van der Waals surface area contributed by atoms with Crippen LogP contribution in [0.15, 0.2) is 0 Å². The number of alkyl carbamates (subject to hydrolysis) is 2. The Balaban J connectivity index is 3.42. The molecule has 13 heavy (non-hydrogen) atoms. The molecule has 76 valence electrons. The number of carbonyl (C=O) groups excluding carboxylic acids is 2. The first kappa shape index (κ1) is 11.5. The highest BCUT2D eigenvalue weighted by atomic mass is 16.6. The topological polar surface area (TPSA) is 76.7 Å². The molecule has 0 bridgehead atoms. The number of nitrogens with one attached hydrogen (secondary N) is 2. The van der Waals surface area contributed by atoms with E-state index in [4.69, 9.17) is 4.74 Å². The van der Waals surface area contributed by atoms with Crippen LogP contribution in [0.2, 0.25) is 0 Å². The molecule has 2 N–H and O–H groups in total. The van der Waals surface area contributed by atoms with Gasteiger partial charge >= 0.3 is 12.2 Å². The number of amides is 2. The van der Waals surface area contributed by atoms with Crippen LogP contribution >= 0.6 is 0 Å². The van der Waals surface area contributed by atoms with E-state index in [0.717, 1.165) is 0 Å². The quantitative estimate of drug-likeness (QED) is 0.633. The van der Waals surface area contributed by atoms with Gasteiger partial charge in [0.1, 0.15) is 0 Å². The normalized spacial score (nSPS) is 9.23. The van der Waals surface area contributed by atoms with Crippen molar-refractivity contribution in [2.45, 2.75) is 20.0 Å². The Morgan fingerprint density at radius 1 is 1.23 bits per heavy atom. The molecule has 0 aromatic carbocycles. The Morgan fingerprint density at radius 2 is 1.77 bits per heavy atom. The van der Waals surface area contributed by atoms with Gasteiger partial charge in [0.05, 0.1) is 19.9 Å². The fourth-order valence-corrected chi connectivity index (χ4v) is 0.516. The maximum absolute atomic E-state index is 10.8. The van der Waals surface area contributed by atoms with E-state index >= 15 is 0 Å². The fraction of sp³-hybridized carbons (Fsp3) is 0.714. The summed E-state index contributed by atoms with van der Waals surface area (Å²) in [4.78, 5) is 21.3. The second kappa shape index (κ2) is 6.10. The molecule has 6 heteroatoms. The maximum atomic E-state index is 10.8. The molecular formula is C7H14N2O4. The molecule has 0 rings (SSSR count). The van der Waals surface area contributed by atoms with Gasteiger partial charge in [0.25, 0.3) is 0 Å². The van der Waals surface area contributed by atoms with Gasteiger partial charge in [-0.2, -0.15) is 0 Å². The van der Waals surface area contributed by atoms with Crippen molar-refractivity contribution < 1.29 is 19.1 Å². The molecule has 0 aliphatic heterocycles. The van der Waals surface area contributed by atoms with Gasteiger partial charge in [-0.15, -0.1) is 0 Å². The van der Waals surface area contributed by atoms with Gasteiger partial charge in [0.2, 0.25) is 0 Å². The first-order valence-electron chi connectivity index (χ1n) is 3.82. The minimum absolute atomic E-state index is 0.0156. The minimum atomic E-state index is -0.607. The van der Waals surface area contributed by atoms with Crippen LogP contribution in [0.3, 0.4) is 0 Å². The third kappa shape index (κ3) is 6.92. The lowest BCUT2D eigenvalue weighted by Crippen LogP contribution is -2.38. The van der Waals surface area contributed by atoms with Crippen molar-refractivity contribution in [1.29, 1.82) is 0 Å². The maximum Gasteiger partial charge on any atom is 0.408 e. The van der Waals surface area contributed by atoms with Crippen LogP contribution < -0.4 is 10.6 Å². The van der Waals surface area contributed by atoms with E-state index in [2.05, 4.69) is 15.4 Å². The van der Waals surface area contributed by atoms with Crippen molar-refractivity contribution in [2.75, 3.05) is 13.8 Å². The summed E-state index contributed by atoms with van der Waals surface area (Å²) in [6.45, 7) is 3.44. The fourth-order valence-electron chi connectivity index (χ4n) is 0.516. The van der Waals surface area contributed by atoms with Gasteiger partial charge in [-0.05, 0) is 13.8 Å². The van der Waals surface area contributed by atoms with Crippen molar-refractivity contribution in [3.63, 3.8) is 0 Å². The highest BCUT2D eigenvalue weighted by Crippen LogP contribution is 1.86. The molecule has 2 amide bonds. The summed E-state index contributed by atoms with van der Waals surface area (Å²) in [5.74, 6) is 0. The molecule has 0 aromatic rings. The number of hydrogen-bond acceptors (Lipinski definition) is 4. The molecule has 0 fully saturated rings. The summed E-state index contributed by atoms with van der Waals surface area (Å²) >= 11 is 0. The number of methoxy groups -OCH3 is 1. The van der Waals surface area contributed by atoms with E-state index < -0.39 is 12.2 Å². The molecule has 0 aliphatic carbocycles. The monoisotopic (exact) mass is 190 g/mol. The Hall–Kier alpha value is -1.46. The Morgan fingerprint density at radius 3 is 2.23 bits per heavy atom. The summed E-state index contributed by atoms with van der Waals surface area (Å²) in [6, 6.07) is 0. The van der Waals surface area contributed by atoms with Gasteiger partial charge in [0.15, 0.2) is 0 Å². The van der Waals surface area contributed by atoms with Crippen molar-refractivity contribution in [2.24, 2.45) is 0 Å². The van der Waals surface area contributed by atoms with Crippen LogP contribution in [-0.4, -0.2) is 32.1 Å². The van der Waals surface area contributed by atoms with E-state index in [1.807, 2.05) is 0 Å². The van der Waals surface area contributed by atoms with Crippen LogP contribution in [-0.2, 0) is 9.47 Å². The molecule has 0 unspecified atom stereocenters. The number of hydrogen-bond donors (Lipinski definition) is 2. The van der Waals surface area contributed by atoms with E-state index in [-0.39, 0.29) is 12.8 Å². The lowest BCUT2D eigenvalue weighted by molar-refractivity contribution is 0.114. The first-order valence-corrected chi connectivity index (χ1v) is 3.82. The van der Waals surface area contributed by atoms with Crippen molar-refractivity contribution in [3.8, 4) is 0 Å². The van der Waals surface area contributed by atoms with Crippen LogP contribution in [0.5, 0.6) is 0 Å². The zero-order chi connectivity index (χ0) is 10.3. The summed E-state index contributed by atoms with van der Waals surface area (Å²) in [5.41, 5.74) is 0. The predicted octanol–water partition coefficient (Wildman–Crippen LogP) is 0.434. The third-order valence-electron chi connectivity index (χ3n) is 0.994. The van der Waals surface area contributed by atoms with Crippen molar-refractivity contribution in [1.82, 2.24) is 10.6 Å². The molecule has 0 saturated heterocycles. The molecule has 0 atom stereocenters. The summed E-state index contributed by atoms with van der Waals surface area (Å²) in [5, 5.41) is 4.57. The lowest BCUT2D eigenvalue weighted by atomic mass is 10.5. The molecular weight excluding hydrogens is 176 g/mol. The molecule has 0 heterocycles. The molecule has 6 nitrogen and oxygen atoms in total.